The lowest BCUT2D eigenvalue weighted by atomic mass is 10.1. The lowest BCUT2D eigenvalue weighted by molar-refractivity contribution is 0.342. The van der Waals surface area contributed by atoms with Crippen molar-refractivity contribution in [1.82, 2.24) is 13.7 Å². The molecule has 28 heavy (non-hydrogen) atoms. The largest absolute Gasteiger partial charge is 0.366 e. The standard InChI is InChI=1S/C19H22N4O3S2/c1-13-5-4-6-16(11-13)22-8-7-21(12-14(22)2)28(25,26)17-15(3)20-19-23(18(17)24)9-10-27-19/h4-6,9-11,14H,7-8,12H2,1-3H3/t14-/m1/s1. The smallest absolute Gasteiger partial charge is 0.279 e. The van der Waals surface area contributed by atoms with E-state index >= 15 is 0 Å². The van der Waals surface area contributed by atoms with Crippen molar-refractivity contribution in [3.05, 3.63) is 57.5 Å². The van der Waals surface area contributed by atoms with Crippen molar-refractivity contribution in [3.63, 3.8) is 0 Å². The molecule has 7 nitrogen and oxygen atoms in total. The molecular weight excluding hydrogens is 396 g/mol. The number of benzene rings is 1. The fraction of sp³-hybridized carbons (Fsp3) is 0.368. The number of thiazole rings is 1. The van der Waals surface area contributed by atoms with Crippen LogP contribution in [0.2, 0.25) is 0 Å². The Balaban J connectivity index is 1.66. The number of hydrogen-bond acceptors (Lipinski definition) is 6. The SMILES string of the molecule is Cc1cccc(N2CCN(S(=O)(=O)c3c(C)nc4sccn4c3=O)C[C@H]2C)c1. The summed E-state index contributed by atoms with van der Waals surface area (Å²) in [5.74, 6) is 0. The fourth-order valence-electron chi connectivity index (χ4n) is 3.72. The van der Waals surface area contributed by atoms with Crippen molar-refractivity contribution in [3.8, 4) is 0 Å². The van der Waals surface area contributed by atoms with Gasteiger partial charge in [0, 0.05) is 42.9 Å². The molecule has 0 spiro atoms. The van der Waals surface area contributed by atoms with Gasteiger partial charge in [0.2, 0.25) is 0 Å². The summed E-state index contributed by atoms with van der Waals surface area (Å²) in [5.41, 5.74) is 1.97. The molecule has 3 aromatic rings. The van der Waals surface area contributed by atoms with E-state index in [0.29, 0.717) is 24.6 Å². The number of rotatable bonds is 3. The van der Waals surface area contributed by atoms with Crippen LogP contribution in [0.5, 0.6) is 0 Å². The third-order valence-corrected chi connectivity index (χ3v) is 7.87. The van der Waals surface area contributed by atoms with Crippen molar-refractivity contribution in [2.45, 2.75) is 31.7 Å². The second-order valence-corrected chi connectivity index (χ2v) is 9.88. The van der Waals surface area contributed by atoms with E-state index in [2.05, 4.69) is 16.0 Å². The molecule has 1 atom stereocenters. The first-order valence-electron chi connectivity index (χ1n) is 9.09. The fourth-order valence-corrected chi connectivity index (χ4v) is 6.21. The van der Waals surface area contributed by atoms with Gasteiger partial charge in [-0.3, -0.25) is 9.20 Å². The summed E-state index contributed by atoms with van der Waals surface area (Å²) in [6, 6.07) is 8.18. The first-order chi connectivity index (χ1) is 13.3. The molecule has 0 radical (unpaired) electrons. The third-order valence-electron chi connectivity index (χ3n) is 5.12. The van der Waals surface area contributed by atoms with E-state index in [1.807, 2.05) is 32.0 Å². The van der Waals surface area contributed by atoms with Crippen LogP contribution >= 0.6 is 11.3 Å². The van der Waals surface area contributed by atoms with Crippen molar-refractivity contribution >= 4 is 32.0 Å². The van der Waals surface area contributed by atoms with Gasteiger partial charge in [-0.2, -0.15) is 4.31 Å². The second kappa shape index (κ2) is 6.98. The molecule has 0 saturated carbocycles. The number of aryl methyl sites for hydroxylation is 2. The summed E-state index contributed by atoms with van der Waals surface area (Å²) < 4.78 is 29.3. The highest BCUT2D eigenvalue weighted by Gasteiger charge is 2.35. The van der Waals surface area contributed by atoms with Gasteiger partial charge >= 0.3 is 0 Å². The van der Waals surface area contributed by atoms with Crippen LogP contribution in [0.25, 0.3) is 4.96 Å². The summed E-state index contributed by atoms with van der Waals surface area (Å²) >= 11 is 1.31. The first kappa shape index (κ1) is 19.1. The number of sulfonamides is 1. The Hall–Kier alpha value is -2.23. The molecule has 1 fully saturated rings. The van der Waals surface area contributed by atoms with Gasteiger partial charge < -0.3 is 4.90 Å². The summed E-state index contributed by atoms with van der Waals surface area (Å²) in [6.07, 6.45) is 1.56. The average molecular weight is 419 g/mol. The second-order valence-electron chi connectivity index (χ2n) is 7.13. The Bertz CT molecular complexity index is 1200. The molecule has 0 N–H and O–H groups in total. The predicted molar refractivity (Wildman–Crippen MR) is 111 cm³/mol. The molecule has 3 heterocycles. The molecule has 2 aromatic heterocycles. The number of hydrogen-bond donors (Lipinski definition) is 0. The van der Waals surface area contributed by atoms with E-state index in [9.17, 15) is 13.2 Å². The molecule has 0 aliphatic carbocycles. The molecule has 1 saturated heterocycles. The zero-order valence-corrected chi connectivity index (χ0v) is 17.6. The van der Waals surface area contributed by atoms with Crippen LogP contribution in [0.1, 0.15) is 18.2 Å². The highest BCUT2D eigenvalue weighted by molar-refractivity contribution is 7.89. The summed E-state index contributed by atoms with van der Waals surface area (Å²) in [6.45, 7) is 6.84. The Labute approximate surface area is 167 Å². The number of nitrogens with zero attached hydrogens (tertiary/aromatic N) is 4. The quantitative estimate of drug-likeness (QED) is 0.652. The van der Waals surface area contributed by atoms with E-state index in [4.69, 9.17) is 0 Å². The number of anilines is 1. The summed E-state index contributed by atoms with van der Waals surface area (Å²) in [7, 11) is -3.92. The lowest BCUT2D eigenvalue weighted by Crippen LogP contribution is -2.54. The zero-order valence-electron chi connectivity index (χ0n) is 16.0. The van der Waals surface area contributed by atoms with Crippen LogP contribution in [0.15, 0.2) is 45.5 Å². The third kappa shape index (κ3) is 3.13. The summed E-state index contributed by atoms with van der Waals surface area (Å²) in [4.78, 5) is 19.6. The first-order valence-corrected chi connectivity index (χ1v) is 11.4. The monoisotopic (exact) mass is 418 g/mol. The van der Waals surface area contributed by atoms with Gasteiger partial charge in [0.05, 0.1) is 5.69 Å². The molecule has 0 amide bonds. The molecule has 148 valence electrons. The maximum atomic E-state index is 13.3. The summed E-state index contributed by atoms with van der Waals surface area (Å²) in [5, 5.41) is 1.72. The Morgan fingerprint density at radius 1 is 1.21 bits per heavy atom. The van der Waals surface area contributed by atoms with E-state index in [0.717, 1.165) is 5.69 Å². The predicted octanol–water partition coefficient (Wildman–Crippen LogP) is 2.27. The molecule has 1 aliphatic heterocycles. The van der Waals surface area contributed by atoms with Gasteiger partial charge in [0.25, 0.3) is 15.6 Å². The van der Waals surface area contributed by atoms with Gasteiger partial charge in [0.15, 0.2) is 9.86 Å². The Morgan fingerprint density at radius 2 is 2.00 bits per heavy atom. The molecular formula is C19H22N4O3S2. The molecule has 9 heteroatoms. The highest BCUT2D eigenvalue weighted by Crippen LogP contribution is 2.25. The van der Waals surface area contributed by atoms with Crippen molar-refractivity contribution < 1.29 is 8.42 Å². The molecule has 1 aromatic carbocycles. The van der Waals surface area contributed by atoms with Crippen molar-refractivity contribution in [2.75, 3.05) is 24.5 Å². The van der Waals surface area contributed by atoms with Gasteiger partial charge in [0.1, 0.15) is 0 Å². The van der Waals surface area contributed by atoms with Crippen molar-refractivity contribution in [1.29, 1.82) is 0 Å². The maximum absolute atomic E-state index is 13.3. The minimum Gasteiger partial charge on any atom is -0.366 e. The minimum absolute atomic E-state index is 0.00813. The highest BCUT2D eigenvalue weighted by atomic mass is 32.2. The van der Waals surface area contributed by atoms with Crippen LogP contribution in [0, 0.1) is 13.8 Å². The van der Waals surface area contributed by atoms with Crippen LogP contribution in [-0.4, -0.2) is 47.8 Å². The lowest BCUT2D eigenvalue weighted by Gasteiger charge is -2.40. The average Bonchev–Trinajstić information content (AvgIpc) is 3.10. The Kier molecular flexibility index (Phi) is 4.76. The van der Waals surface area contributed by atoms with Gasteiger partial charge in [-0.1, -0.05) is 12.1 Å². The minimum atomic E-state index is -3.92. The zero-order chi connectivity index (χ0) is 20.1. The van der Waals surface area contributed by atoms with Gasteiger partial charge in [-0.05, 0) is 38.5 Å². The number of aromatic nitrogens is 2. The van der Waals surface area contributed by atoms with Crippen LogP contribution in [-0.2, 0) is 10.0 Å². The number of piperazine rings is 1. The van der Waals surface area contributed by atoms with E-state index in [1.165, 1.54) is 25.6 Å². The van der Waals surface area contributed by atoms with Crippen LogP contribution in [0.4, 0.5) is 5.69 Å². The maximum Gasteiger partial charge on any atom is 0.279 e. The molecule has 0 bridgehead atoms. The van der Waals surface area contributed by atoms with E-state index in [-0.39, 0.29) is 16.6 Å². The van der Waals surface area contributed by atoms with E-state index < -0.39 is 15.6 Å². The normalized spacial score (nSPS) is 18.7. The van der Waals surface area contributed by atoms with E-state index in [1.54, 1.807) is 18.5 Å². The van der Waals surface area contributed by atoms with Gasteiger partial charge in [-0.25, -0.2) is 13.4 Å². The van der Waals surface area contributed by atoms with Crippen LogP contribution in [0.3, 0.4) is 0 Å². The Morgan fingerprint density at radius 3 is 2.71 bits per heavy atom. The van der Waals surface area contributed by atoms with Crippen LogP contribution < -0.4 is 10.5 Å². The molecule has 1 aliphatic rings. The molecule has 4 rings (SSSR count). The van der Waals surface area contributed by atoms with Crippen molar-refractivity contribution in [2.24, 2.45) is 0 Å². The molecule has 0 unspecified atom stereocenters. The van der Waals surface area contributed by atoms with Gasteiger partial charge in [-0.15, -0.1) is 11.3 Å². The number of fused-ring (bicyclic) bond motifs is 1. The topological polar surface area (TPSA) is 75.0 Å².